The maximum absolute atomic E-state index is 12.5. The van der Waals surface area contributed by atoms with Gasteiger partial charge in [-0.1, -0.05) is 6.07 Å². The number of carbonyl (C=O) groups is 3. The number of carboxylic acids is 1. The molecule has 2 N–H and O–H groups in total. The van der Waals surface area contributed by atoms with Gasteiger partial charge in [0, 0.05) is 32.5 Å². The van der Waals surface area contributed by atoms with Gasteiger partial charge in [-0.2, -0.15) is 13.2 Å². The van der Waals surface area contributed by atoms with Crippen LogP contribution >= 0.6 is 0 Å². The van der Waals surface area contributed by atoms with Crippen LogP contribution in [-0.2, 0) is 31.7 Å². The molecular weight excluding hydrogens is 343 g/mol. The van der Waals surface area contributed by atoms with Crippen molar-refractivity contribution in [1.82, 2.24) is 0 Å². The molecule has 1 heterocycles. The van der Waals surface area contributed by atoms with Crippen molar-refractivity contribution in [1.29, 1.82) is 0 Å². The number of rotatable bonds is 0. The molecule has 0 radical (unpaired) electrons. The Bertz CT molecular complexity index is 613. The zero-order valence-corrected chi connectivity index (χ0v) is 14.2. The number of fused-ring (bicyclic) bond motifs is 1. The van der Waals surface area contributed by atoms with Crippen LogP contribution in [0, 0.1) is 0 Å². The third kappa shape index (κ3) is 9.33. The van der Waals surface area contributed by atoms with E-state index in [-0.39, 0.29) is 6.04 Å². The quantitative estimate of drug-likeness (QED) is 0.543. The highest BCUT2D eigenvalue weighted by Crippen LogP contribution is 2.38. The van der Waals surface area contributed by atoms with Crippen LogP contribution in [0.3, 0.4) is 0 Å². The largest absolute Gasteiger partial charge is 0.481 e. The number of ether oxygens (including phenoxy) is 1. The average molecular weight is 363 g/mol. The van der Waals surface area contributed by atoms with Crippen molar-refractivity contribution < 1.29 is 37.4 Å². The van der Waals surface area contributed by atoms with Crippen LogP contribution in [0.2, 0.25) is 0 Å². The van der Waals surface area contributed by atoms with Crippen LogP contribution in [-0.4, -0.2) is 29.1 Å². The summed E-state index contributed by atoms with van der Waals surface area (Å²) in [6.45, 7) is 5.32. The summed E-state index contributed by atoms with van der Waals surface area (Å²) in [5.41, 5.74) is 0.506. The number of esters is 2. The van der Waals surface area contributed by atoms with Crippen LogP contribution in [0.1, 0.15) is 38.8 Å². The van der Waals surface area contributed by atoms with Gasteiger partial charge >= 0.3 is 18.1 Å². The van der Waals surface area contributed by atoms with Gasteiger partial charge in [0.25, 0.3) is 5.97 Å². The highest BCUT2D eigenvalue weighted by molar-refractivity contribution is 5.82. The molecular formula is C16H20F3NO5. The van der Waals surface area contributed by atoms with Crippen LogP contribution in [0.25, 0.3) is 0 Å². The SMILES string of the molecule is CC(=O)O.CC(=O)OC(C)=O.CC1Cc2c(cccc2C(F)(F)F)N1. The molecule has 25 heavy (non-hydrogen) atoms. The number of alkyl halides is 3. The van der Waals surface area contributed by atoms with Crippen molar-refractivity contribution in [2.24, 2.45) is 0 Å². The zero-order valence-electron chi connectivity index (χ0n) is 14.2. The molecule has 1 aliphatic heterocycles. The number of carboxylic acid groups (broad SMARTS) is 1. The van der Waals surface area contributed by atoms with E-state index in [2.05, 4.69) is 10.1 Å². The number of anilines is 1. The molecule has 0 aliphatic carbocycles. The highest BCUT2D eigenvalue weighted by Gasteiger charge is 2.36. The zero-order chi connectivity index (χ0) is 19.8. The lowest BCUT2D eigenvalue weighted by atomic mass is 10.0. The topological polar surface area (TPSA) is 92.7 Å². The molecule has 1 aromatic rings. The Hall–Kier alpha value is -2.58. The van der Waals surface area contributed by atoms with Gasteiger partial charge in [0.2, 0.25) is 0 Å². The molecule has 1 aromatic carbocycles. The van der Waals surface area contributed by atoms with Crippen molar-refractivity contribution >= 4 is 23.6 Å². The summed E-state index contributed by atoms with van der Waals surface area (Å²) in [6.07, 6.45) is -3.79. The van der Waals surface area contributed by atoms with Crippen molar-refractivity contribution in [3.8, 4) is 0 Å². The number of hydrogen-bond acceptors (Lipinski definition) is 5. The summed E-state index contributed by atoms with van der Waals surface area (Å²) in [5, 5.41) is 10.4. The van der Waals surface area contributed by atoms with Crippen molar-refractivity contribution in [2.75, 3.05) is 5.32 Å². The van der Waals surface area contributed by atoms with Crippen LogP contribution in [0.15, 0.2) is 18.2 Å². The number of carbonyl (C=O) groups excluding carboxylic acids is 2. The Morgan fingerprint density at radius 3 is 2.00 bits per heavy atom. The van der Waals surface area contributed by atoms with Gasteiger partial charge in [-0.3, -0.25) is 14.4 Å². The molecule has 2 rings (SSSR count). The maximum Gasteiger partial charge on any atom is 0.416 e. The van der Waals surface area contributed by atoms with Crippen LogP contribution in [0.4, 0.5) is 18.9 Å². The predicted octanol–water partition coefficient (Wildman–Crippen LogP) is 3.25. The summed E-state index contributed by atoms with van der Waals surface area (Å²) >= 11 is 0. The first-order valence-electron chi connectivity index (χ1n) is 7.18. The molecule has 1 unspecified atom stereocenters. The third-order valence-electron chi connectivity index (χ3n) is 2.68. The van der Waals surface area contributed by atoms with E-state index in [1.54, 1.807) is 6.07 Å². The first-order valence-corrected chi connectivity index (χ1v) is 7.18. The molecule has 0 aromatic heterocycles. The molecule has 1 aliphatic rings. The first-order chi connectivity index (χ1) is 11.3. The van der Waals surface area contributed by atoms with Crippen LogP contribution in [0.5, 0.6) is 0 Å². The monoisotopic (exact) mass is 363 g/mol. The van der Waals surface area contributed by atoms with E-state index in [1.807, 2.05) is 6.92 Å². The predicted molar refractivity (Wildman–Crippen MR) is 84.0 cm³/mol. The number of aliphatic carboxylic acids is 1. The summed E-state index contributed by atoms with van der Waals surface area (Å²) in [5.74, 6) is -1.96. The normalized spacial score (nSPS) is 14.6. The number of halogens is 3. The number of nitrogens with one attached hydrogen (secondary N) is 1. The number of hydrogen-bond donors (Lipinski definition) is 2. The lowest BCUT2D eigenvalue weighted by molar-refractivity contribution is -0.156. The maximum atomic E-state index is 12.5. The van der Waals surface area contributed by atoms with E-state index in [0.29, 0.717) is 17.7 Å². The molecule has 0 amide bonds. The first kappa shape index (κ1) is 22.4. The van der Waals surface area contributed by atoms with E-state index in [4.69, 9.17) is 9.90 Å². The smallest absolute Gasteiger partial charge is 0.416 e. The van der Waals surface area contributed by atoms with E-state index in [1.165, 1.54) is 19.9 Å². The Labute approximate surface area is 143 Å². The van der Waals surface area contributed by atoms with Crippen molar-refractivity contribution in [2.45, 2.75) is 46.3 Å². The van der Waals surface area contributed by atoms with Crippen molar-refractivity contribution in [3.05, 3.63) is 29.3 Å². The van der Waals surface area contributed by atoms with Gasteiger partial charge in [-0.25, -0.2) is 0 Å². The summed E-state index contributed by atoms with van der Waals surface area (Å²) in [6, 6.07) is 4.35. The lowest BCUT2D eigenvalue weighted by Gasteiger charge is -2.10. The second kappa shape index (κ2) is 9.65. The van der Waals surface area contributed by atoms with E-state index >= 15 is 0 Å². The van der Waals surface area contributed by atoms with E-state index in [0.717, 1.165) is 13.0 Å². The second-order valence-electron chi connectivity index (χ2n) is 5.18. The molecule has 0 saturated heterocycles. The van der Waals surface area contributed by atoms with Gasteiger partial charge in [-0.15, -0.1) is 0 Å². The number of benzene rings is 1. The minimum absolute atomic E-state index is 0.0912. The minimum Gasteiger partial charge on any atom is -0.481 e. The lowest BCUT2D eigenvalue weighted by Crippen LogP contribution is -2.10. The Morgan fingerprint density at radius 1 is 1.16 bits per heavy atom. The fourth-order valence-corrected chi connectivity index (χ4v) is 2.03. The van der Waals surface area contributed by atoms with E-state index in [9.17, 15) is 22.8 Å². The second-order valence-corrected chi connectivity index (χ2v) is 5.18. The van der Waals surface area contributed by atoms with Gasteiger partial charge in [0.1, 0.15) is 0 Å². The Kier molecular flexibility index (Phi) is 8.66. The molecule has 140 valence electrons. The standard InChI is InChI=1S/C10H10F3N.C4H6O3.C2H4O2/c1-6-5-7-8(10(11,12)13)3-2-4-9(7)14-6;1-3(5)7-4(2)6;1-2(3)4/h2-4,6,14H,5H2,1H3;1-2H3;1H3,(H,3,4). The van der Waals surface area contributed by atoms with E-state index < -0.39 is 29.6 Å². The van der Waals surface area contributed by atoms with Crippen LogP contribution < -0.4 is 5.32 Å². The Morgan fingerprint density at radius 2 is 1.64 bits per heavy atom. The highest BCUT2D eigenvalue weighted by atomic mass is 19.4. The molecule has 0 spiro atoms. The average Bonchev–Trinajstić information content (AvgIpc) is 2.75. The third-order valence-corrected chi connectivity index (χ3v) is 2.68. The van der Waals surface area contributed by atoms with Crippen molar-refractivity contribution in [3.63, 3.8) is 0 Å². The summed E-state index contributed by atoms with van der Waals surface area (Å²) < 4.78 is 41.6. The van der Waals surface area contributed by atoms with Gasteiger partial charge in [0.05, 0.1) is 5.56 Å². The summed E-state index contributed by atoms with van der Waals surface area (Å²) in [4.78, 5) is 28.6. The molecule has 0 bridgehead atoms. The summed E-state index contributed by atoms with van der Waals surface area (Å²) in [7, 11) is 0. The van der Waals surface area contributed by atoms with Gasteiger partial charge < -0.3 is 15.2 Å². The molecule has 9 heteroatoms. The molecule has 1 atom stereocenters. The Balaban J connectivity index is 0.000000442. The molecule has 0 fully saturated rings. The fraction of sp³-hybridized carbons (Fsp3) is 0.438. The van der Waals surface area contributed by atoms with Gasteiger partial charge in [0.15, 0.2) is 0 Å². The molecule has 0 saturated carbocycles. The van der Waals surface area contributed by atoms with Gasteiger partial charge in [-0.05, 0) is 31.0 Å². The minimum atomic E-state index is -4.24. The fourth-order valence-electron chi connectivity index (χ4n) is 2.03. The molecule has 6 nitrogen and oxygen atoms in total.